The third kappa shape index (κ3) is 3.19. The highest BCUT2D eigenvalue weighted by Gasteiger charge is 2.21. The minimum Gasteiger partial charge on any atom is -0.487 e. The van der Waals surface area contributed by atoms with Gasteiger partial charge in [-0.15, -0.1) is 11.3 Å². The van der Waals surface area contributed by atoms with Crippen molar-refractivity contribution in [3.8, 4) is 5.75 Å². The third-order valence-corrected chi connectivity index (χ3v) is 5.94. The first-order chi connectivity index (χ1) is 13.8. The summed E-state index contributed by atoms with van der Waals surface area (Å²) in [6, 6.07) is 11.9. The first-order valence-electron chi connectivity index (χ1n) is 9.14. The number of anilines is 2. The highest BCUT2D eigenvalue weighted by molar-refractivity contribution is 7.19. The molecule has 0 spiro atoms. The summed E-state index contributed by atoms with van der Waals surface area (Å²) in [5.74, 6) is 1.71. The number of aryl methyl sites for hydroxylation is 1. The van der Waals surface area contributed by atoms with Gasteiger partial charge in [-0.3, -0.25) is 4.98 Å². The SMILES string of the molecule is Cc1cc(Nc2ncnc3sc4c(c23)CNC4)ccc1OCc1ccccn1. The lowest BCUT2D eigenvalue weighted by molar-refractivity contribution is 0.299. The maximum atomic E-state index is 5.92. The lowest BCUT2D eigenvalue weighted by Crippen LogP contribution is -2.02. The van der Waals surface area contributed by atoms with Crippen LogP contribution in [0, 0.1) is 6.92 Å². The molecule has 0 bridgehead atoms. The Labute approximate surface area is 166 Å². The van der Waals surface area contributed by atoms with Crippen molar-refractivity contribution in [1.82, 2.24) is 20.3 Å². The Morgan fingerprint density at radius 3 is 2.96 bits per heavy atom. The lowest BCUT2D eigenvalue weighted by Gasteiger charge is -2.12. The summed E-state index contributed by atoms with van der Waals surface area (Å²) in [6.45, 7) is 4.28. The molecule has 0 radical (unpaired) electrons. The molecule has 6 nitrogen and oxygen atoms in total. The van der Waals surface area contributed by atoms with Crippen LogP contribution >= 0.6 is 11.3 Å². The Bertz CT molecular complexity index is 1140. The van der Waals surface area contributed by atoms with Crippen molar-refractivity contribution >= 4 is 33.1 Å². The number of fused-ring (bicyclic) bond motifs is 3. The van der Waals surface area contributed by atoms with Crippen LogP contribution in [0.2, 0.25) is 0 Å². The minimum atomic E-state index is 0.453. The molecule has 0 unspecified atom stereocenters. The third-order valence-electron chi connectivity index (χ3n) is 4.80. The van der Waals surface area contributed by atoms with Crippen molar-refractivity contribution in [1.29, 1.82) is 0 Å². The highest BCUT2D eigenvalue weighted by Crippen LogP contribution is 2.37. The van der Waals surface area contributed by atoms with E-state index >= 15 is 0 Å². The summed E-state index contributed by atoms with van der Waals surface area (Å²) < 4.78 is 5.92. The number of rotatable bonds is 5. The number of nitrogens with zero attached hydrogens (tertiary/aromatic N) is 3. The first-order valence-corrected chi connectivity index (χ1v) is 9.96. The fraction of sp³-hybridized carbons (Fsp3) is 0.190. The monoisotopic (exact) mass is 389 g/mol. The van der Waals surface area contributed by atoms with E-state index in [1.54, 1.807) is 23.9 Å². The zero-order chi connectivity index (χ0) is 18.9. The van der Waals surface area contributed by atoms with E-state index in [1.807, 2.05) is 37.3 Å². The standard InChI is InChI=1S/C21H19N5OS/c1-13-8-14(5-6-17(13)27-11-15-4-2-3-7-23-15)26-20-19-16-9-22-10-18(16)28-21(19)25-12-24-20/h2-8,12,22H,9-11H2,1H3,(H,24,25,26). The number of hydrogen-bond donors (Lipinski definition) is 2. The van der Waals surface area contributed by atoms with Crippen LogP contribution in [0.4, 0.5) is 11.5 Å². The maximum absolute atomic E-state index is 5.92. The van der Waals surface area contributed by atoms with E-state index < -0.39 is 0 Å². The van der Waals surface area contributed by atoms with Crippen LogP contribution in [0.25, 0.3) is 10.2 Å². The van der Waals surface area contributed by atoms with Gasteiger partial charge >= 0.3 is 0 Å². The van der Waals surface area contributed by atoms with Crippen LogP contribution in [-0.2, 0) is 19.7 Å². The van der Waals surface area contributed by atoms with Crippen LogP contribution in [0.5, 0.6) is 5.75 Å². The average molecular weight is 389 g/mol. The Hall–Kier alpha value is -3.03. The minimum absolute atomic E-state index is 0.453. The Morgan fingerprint density at radius 1 is 1.14 bits per heavy atom. The molecular weight excluding hydrogens is 370 g/mol. The van der Waals surface area contributed by atoms with E-state index in [0.29, 0.717) is 6.61 Å². The molecule has 0 fully saturated rings. The molecule has 0 amide bonds. The van der Waals surface area contributed by atoms with Crippen molar-refractivity contribution in [2.75, 3.05) is 5.32 Å². The van der Waals surface area contributed by atoms with Crippen molar-refractivity contribution in [3.63, 3.8) is 0 Å². The van der Waals surface area contributed by atoms with Gasteiger partial charge in [-0.2, -0.15) is 0 Å². The Balaban J connectivity index is 1.38. The summed E-state index contributed by atoms with van der Waals surface area (Å²) in [4.78, 5) is 15.6. The van der Waals surface area contributed by atoms with Crippen LogP contribution in [0.3, 0.4) is 0 Å². The predicted molar refractivity (Wildman–Crippen MR) is 111 cm³/mol. The molecule has 1 aromatic carbocycles. The number of pyridine rings is 1. The largest absolute Gasteiger partial charge is 0.487 e. The van der Waals surface area contributed by atoms with Gasteiger partial charge in [0.2, 0.25) is 0 Å². The number of thiophene rings is 1. The molecule has 0 aliphatic carbocycles. The fourth-order valence-corrected chi connectivity index (χ4v) is 4.55. The molecule has 140 valence electrons. The topological polar surface area (TPSA) is 72.0 Å². The second-order valence-electron chi connectivity index (χ2n) is 6.72. The van der Waals surface area contributed by atoms with Crippen LogP contribution in [0.15, 0.2) is 48.9 Å². The average Bonchev–Trinajstić information content (AvgIpc) is 3.29. The molecule has 1 aliphatic rings. The van der Waals surface area contributed by atoms with Gasteiger partial charge in [0.05, 0.1) is 11.1 Å². The molecule has 2 N–H and O–H groups in total. The Morgan fingerprint density at radius 2 is 2.11 bits per heavy atom. The van der Waals surface area contributed by atoms with Gasteiger partial charge in [-0.1, -0.05) is 6.07 Å². The van der Waals surface area contributed by atoms with E-state index in [-0.39, 0.29) is 0 Å². The van der Waals surface area contributed by atoms with Crippen LogP contribution in [0.1, 0.15) is 21.7 Å². The quantitative estimate of drug-likeness (QED) is 0.530. The predicted octanol–water partition coefficient (Wildman–Crippen LogP) is 4.32. The van der Waals surface area contributed by atoms with Gasteiger partial charge in [-0.05, 0) is 48.4 Å². The van der Waals surface area contributed by atoms with E-state index in [1.165, 1.54) is 10.4 Å². The molecule has 5 rings (SSSR count). The molecule has 1 aliphatic heterocycles. The van der Waals surface area contributed by atoms with Gasteiger partial charge in [0.15, 0.2) is 0 Å². The molecule has 0 saturated carbocycles. The second kappa shape index (κ2) is 7.18. The molecule has 0 atom stereocenters. The van der Waals surface area contributed by atoms with Gasteiger partial charge < -0.3 is 15.4 Å². The zero-order valence-electron chi connectivity index (χ0n) is 15.4. The molecule has 28 heavy (non-hydrogen) atoms. The fourth-order valence-electron chi connectivity index (χ4n) is 3.42. The van der Waals surface area contributed by atoms with E-state index in [4.69, 9.17) is 4.74 Å². The van der Waals surface area contributed by atoms with E-state index in [0.717, 1.165) is 51.8 Å². The smallest absolute Gasteiger partial charge is 0.142 e. The molecular formula is C21H19N5OS. The molecule has 4 heterocycles. The summed E-state index contributed by atoms with van der Waals surface area (Å²) in [5, 5.41) is 7.99. The van der Waals surface area contributed by atoms with Crippen LogP contribution < -0.4 is 15.4 Å². The van der Waals surface area contributed by atoms with E-state index in [2.05, 4.69) is 31.7 Å². The number of aromatic nitrogens is 3. The summed E-state index contributed by atoms with van der Waals surface area (Å²) in [5.41, 5.74) is 4.26. The van der Waals surface area contributed by atoms with Crippen molar-refractivity contribution in [2.24, 2.45) is 0 Å². The first kappa shape index (κ1) is 17.1. The van der Waals surface area contributed by atoms with Gasteiger partial charge in [0.25, 0.3) is 0 Å². The number of benzene rings is 1. The second-order valence-corrected chi connectivity index (χ2v) is 7.81. The summed E-state index contributed by atoms with van der Waals surface area (Å²) >= 11 is 1.74. The Kier molecular flexibility index (Phi) is 4.38. The lowest BCUT2D eigenvalue weighted by atomic mass is 10.1. The normalized spacial score (nSPS) is 12.9. The highest BCUT2D eigenvalue weighted by atomic mass is 32.1. The van der Waals surface area contributed by atoms with Gasteiger partial charge in [0.1, 0.15) is 29.3 Å². The van der Waals surface area contributed by atoms with Crippen molar-refractivity contribution in [3.05, 3.63) is 70.6 Å². The van der Waals surface area contributed by atoms with Gasteiger partial charge in [-0.25, -0.2) is 9.97 Å². The van der Waals surface area contributed by atoms with Crippen molar-refractivity contribution < 1.29 is 4.74 Å². The van der Waals surface area contributed by atoms with Crippen molar-refractivity contribution in [2.45, 2.75) is 26.6 Å². The number of ether oxygens (including phenoxy) is 1. The maximum Gasteiger partial charge on any atom is 0.142 e. The number of hydrogen-bond acceptors (Lipinski definition) is 7. The van der Waals surface area contributed by atoms with Crippen LogP contribution in [-0.4, -0.2) is 15.0 Å². The molecule has 0 saturated heterocycles. The molecule has 7 heteroatoms. The molecule has 4 aromatic rings. The summed E-state index contributed by atoms with van der Waals surface area (Å²) in [7, 11) is 0. The summed E-state index contributed by atoms with van der Waals surface area (Å²) in [6.07, 6.45) is 3.40. The van der Waals surface area contributed by atoms with Gasteiger partial charge in [0, 0.05) is 29.9 Å². The number of nitrogens with one attached hydrogen (secondary N) is 2. The van der Waals surface area contributed by atoms with E-state index in [9.17, 15) is 0 Å². The molecule has 3 aromatic heterocycles. The zero-order valence-corrected chi connectivity index (χ0v) is 16.2.